The molecule has 0 unspecified atom stereocenters. The van der Waals surface area contributed by atoms with Gasteiger partial charge in [-0.05, 0) is 18.2 Å². The maximum Gasteiger partial charge on any atom is 0.341 e. The number of H-pyrrole nitrogens is 2. The molecule has 0 atom stereocenters. The molecule has 0 saturated carbocycles. The van der Waals surface area contributed by atoms with Crippen LogP contribution in [0.1, 0.15) is 10.4 Å². The highest BCUT2D eigenvalue weighted by Crippen LogP contribution is 2.24. The number of pyridine rings is 1. The average Bonchev–Trinajstić information content (AvgIpc) is 3.19. The van der Waals surface area contributed by atoms with Gasteiger partial charge in [0, 0.05) is 23.5 Å². The Kier molecular flexibility index (Phi) is 2.77. The summed E-state index contributed by atoms with van der Waals surface area (Å²) in [5.74, 6) is -0.557. The van der Waals surface area contributed by atoms with Crippen LogP contribution in [0.15, 0.2) is 41.6 Å². The highest BCUT2D eigenvalue weighted by atomic mass is 16.5. The summed E-state index contributed by atoms with van der Waals surface area (Å²) in [6, 6.07) is 5.64. The number of nitrogens with one attached hydrogen (secondary N) is 2. The van der Waals surface area contributed by atoms with Crippen LogP contribution in [-0.2, 0) is 4.74 Å². The predicted molar refractivity (Wildman–Crippen MR) is 81.8 cm³/mol. The van der Waals surface area contributed by atoms with Crippen molar-refractivity contribution in [3.63, 3.8) is 0 Å². The smallest absolute Gasteiger partial charge is 0.341 e. The van der Waals surface area contributed by atoms with E-state index in [1.165, 1.54) is 7.11 Å². The number of carbonyl (C=O) groups is 1. The van der Waals surface area contributed by atoms with Gasteiger partial charge < -0.3 is 9.30 Å². The Balaban J connectivity index is 1.98. The maximum atomic E-state index is 12.0. The molecule has 2 aliphatic rings. The number of methoxy groups -OCH3 is 1. The van der Waals surface area contributed by atoms with Crippen LogP contribution in [-0.4, -0.2) is 38.0 Å². The first kappa shape index (κ1) is 13.3. The summed E-state index contributed by atoms with van der Waals surface area (Å²) in [7, 11) is 1.28. The van der Waals surface area contributed by atoms with Crippen molar-refractivity contribution >= 4 is 16.9 Å². The van der Waals surface area contributed by atoms with Gasteiger partial charge in [-0.25, -0.2) is 9.89 Å². The largest absolute Gasteiger partial charge is 0.465 e. The monoisotopic (exact) mass is 309 g/mol. The maximum absolute atomic E-state index is 12.0. The SMILES string of the molecule is COC(=O)c1cn(-c2ccc3cn[nH]c3c2)cc2c(=O)[nH]nc1-2. The number of benzene rings is 1. The van der Waals surface area contributed by atoms with Crippen LogP contribution in [0.5, 0.6) is 0 Å². The van der Waals surface area contributed by atoms with Gasteiger partial charge in [0.05, 0.1) is 24.4 Å². The summed E-state index contributed by atoms with van der Waals surface area (Å²) in [6.07, 6.45) is 4.94. The highest BCUT2D eigenvalue weighted by molar-refractivity contribution is 5.96. The molecule has 0 amide bonds. The second-order valence-electron chi connectivity index (χ2n) is 5.03. The number of esters is 1. The summed E-state index contributed by atoms with van der Waals surface area (Å²) in [6.45, 7) is 0. The summed E-state index contributed by atoms with van der Waals surface area (Å²) in [5, 5.41) is 14.1. The molecule has 23 heavy (non-hydrogen) atoms. The number of rotatable bonds is 2. The number of carbonyl (C=O) groups excluding carboxylic acids is 1. The molecule has 1 aromatic heterocycles. The molecule has 4 rings (SSSR count). The lowest BCUT2D eigenvalue weighted by atomic mass is 10.1. The van der Waals surface area contributed by atoms with E-state index in [2.05, 4.69) is 20.4 Å². The van der Waals surface area contributed by atoms with Crippen LogP contribution in [0.2, 0.25) is 0 Å². The van der Waals surface area contributed by atoms with Crippen LogP contribution in [0, 0.1) is 0 Å². The zero-order valence-electron chi connectivity index (χ0n) is 12.0. The minimum atomic E-state index is -0.557. The third kappa shape index (κ3) is 2.00. The Labute approximate surface area is 129 Å². The fourth-order valence-corrected chi connectivity index (χ4v) is 2.53. The number of hydrogen-bond acceptors (Lipinski definition) is 5. The van der Waals surface area contributed by atoms with Crippen LogP contribution in [0.3, 0.4) is 0 Å². The Morgan fingerprint density at radius 1 is 1.26 bits per heavy atom. The fourth-order valence-electron chi connectivity index (χ4n) is 2.53. The molecule has 0 radical (unpaired) electrons. The van der Waals surface area contributed by atoms with Gasteiger partial charge in [0.15, 0.2) is 0 Å². The molecule has 2 N–H and O–H groups in total. The van der Waals surface area contributed by atoms with Crippen molar-refractivity contribution in [3.8, 4) is 16.9 Å². The second-order valence-corrected chi connectivity index (χ2v) is 5.03. The molecule has 3 heterocycles. The van der Waals surface area contributed by atoms with E-state index in [0.29, 0.717) is 11.3 Å². The number of aromatic nitrogens is 5. The average molecular weight is 309 g/mol. The van der Waals surface area contributed by atoms with E-state index in [-0.39, 0.29) is 11.1 Å². The number of nitrogens with zero attached hydrogens (tertiary/aromatic N) is 3. The van der Waals surface area contributed by atoms with Crippen molar-refractivity contribution in [3.05, 3.63) is 52.7 Å². The quantitative estimate of drug-likeness (QED) is 0.543. The van der Waals surface area contributed by atoms with Gasteiger partial charge >= 0.3 is 5.97 Å². The second kappa shape index (κ2) is 4.80. The van der Waals surface area contributed by atoms with Gasteiger partial charge in [-0.1, -0.05) is 0 Å². The molecule has 114 valence electrons. The highest BCUT2D eigenvalue weighted by Gasteiger charge is 2.22. The first-order chi connectivity index (χ1) is 11.2. The first-order valence-corrected chi connectivity index (χ1v) is 6.79. The van der Waals surface area contributed by atoms with Gasteiger partial charge in [-0.2, -0.15) is 10.2 Å². The van der Waals surface area contributed by atoms with Crippen molar-refractivity contribution in [2.24, 2.45) is 0 Å². The van der Waals surface area contributed by atoms with E-state index in [0.717, 1.165) is 16.6 Å². The van der Waals surface area contributed by atoms with Crippen LogP contribution < -0.4 is 5.56 Å². The molecule has 2 aliphatic heterocycles. The normalized spacial score (nSPS) is 11.2. The van der Waals surface area contributed by atoms with Crippen molar-refractivity contribution in [2.45, 2.75) is 0 Å². The third-order valence-electron chi connectivity index (χ3n) is 3.69. The van der Waals surface area contributed by atoms with Gasteiger partial charge in [-0.3, -0.25) is 9.89 Å². The van der Waals surface area contributed by atoms with Crippen LogP contribution in [0.4, 0.5) is 0 Å². The standard InChI is InChI=1S/C15H11N5O3/c1-23-15(22)11-7-20(6-10-13(11)18-19-14(10)21)9-3-2-8-5-16-17-12(8)4-9/h2-7H,1H3,(H,16,17)(H,19,21). The van der Waals surface area contributed by atoms with Crippen molar-refractivity contribution in [2.75, 3.05) is 7.11 Å². The van der Waals surface area contributed by atoms with Crippen molar-refractivity contribution < 1.29 is 9.53 Å². The predicted octanol–water partition coefficient (Wildman–Crippen LogP) is 1.33. The lowest BCUT2D eigenvalue weighted by Gasteiger charge is -2.11. The molecule has 1 aromatic carbocycles. The lowest BCUT2D eigenvalue weighted by molar-refractivity contribution is 0.0600. The van der Waals surface area contributed by atoms with Gasteiger partial charge in [0.2, 0.25) is 0 Å². The molecule has 0 aliphatic carbocycles. The van der Waals surface area contributed by atoms with E-state index in [9.17, 15) is 9.59 Å². The zero-order valence-corrected chi connectivity index (χ0v) is 12.0. The molecule has 8 heteroatoms. The first-order valence-electron chi connectivity index (χ1n) is 6.79. The number of fused-ring (bicyclic) bond motifs is 2. The van der Waals surface area contributed by atoms with Gasteiger partial charge in [0.25, 0.3) is 5.56 Å². The Morgan fingerprint density at radius 3 is 2.96 bits per heavy atom. The zero-order chi connectivity index (χ0) is 16.0. The number of ether oxygens (including phenoxy) is 1. The topological polar surface area (TPSA) is 106 Å². The Morgan fingerprint density at radius 2 is 2.13 bits per heavy atom. The summed E-state index contributed by atoms with van der Waals surface area (Å²) in [4.78, 5) is 23.9. The van der Waals surface area contributed by atoms with Crippen LogP contribution >= 0.6 is 0 Å². The molecular formula is C15H11N5O3. The lowest BCUT2D eigenvalue weighted by Crippen LogP contribution is -2.11. The minimum Gasteiger partial charge on any atom is -0.465 e. The molecule has 0 bridgehead atoms. The molecule has 0 fully saturated rings. The third-order valence-corrected chi connectivity index (χ3v) is 3.69. The number of aromatic amines is 2. The molecule has 2 aromatic rings. The fraction of sp³-hybridized carbons (Fsp3) is 0.0667. The minimum absolute atomic E-state index is 0.216. The van der Waals surface area contributed by atoms with E-state index >= 15 is 0 Å². The summed E-state index contributed by atoms with van der Waals surface area (Å²) >= 11 is 0. The Bertz CT molecular complexity index is 1060. The molecule has 8 nitrogen and oxygen atoms in total. The van der Waals surface area contributed by atoms with E-state index < -0.39 is 5.97 Å². The van der Waals surface area contributed by atoms with E-state index in [4.69, 9.17) is 4.74 Å². The van der Waals surface area contributed by atoms with Gasteiger partial charge in [-0.15, -0.1) is 0 Å². The van der Waals surface area contributed by atoms with Crippen LogP contribution in [0.25, 0.3) is 27.8 Å². The molecule has 0 spiro atoms. The van der Waals surface area contributed by atoms with Crippen molar-refractivity contribution in [1.29, 1.82) is 0 Å². The van der Waals surface area contributed by atoms with E-state index in [1.807, 2.05) is 18.2 Å². The molecule has 0 saturated heterocycles. The molecular weight excluding hydrogens is 298 g/mol. The van der Waals surface area contributed by atoms with Gasteiger partial charge in [0.1, 0.15) is 11.3 Å². The van der Waals surface area contributed by atoms with Crippen molar-refractivity contribution in [1.82, 2.24) is 25.0 Å². The summed E-state index contributed by atoms with van der Waals surface area (Å²) < 4.78 is 6.46. The van der Waals surface area contributed by atoms with E-state index in [1.54, 1.807) is 23.2 Å². The number of hydrogen-bond donors (Lipinski definition) is 2. The Hall–Kier alpha value is -3.42. The summed E-state index contributed by atoms with van der Waals surface area (Å²) in [5.41, 5.74) is 2.09.